The first kappa shape index (κ1) is 19.1. The molecule has 2 aromatic heterocycles. The van der Waals surface area contributed by atoms with E-state index >= 15 is 0 Å². The van der Waals surface area contributed by atoms with Crippen LogP contribution in [0.5, 0.6) is 0 Å². The predicted molar refractivity (Wildman–Crippen MR) is 121 cm³/mol. The summed E-state index contributed by atoms with van der Waals surface area (Å²) in [6.45, 7) is 3.62. The number of fused-ring (bicyclic) bond motifs is 3. The number of pyridine rings is 1. The van der Waals surface area contributed by atoms with Crippen LogP contribution in [-0.2, 0) is 0 Å². The third kappa shape index (κ3) is 3.38. The predicted octanol–water partition coefficient (Wildman–Crippen LogP) is 4.07. The fourth-order valence-corrected chi connectivity index (χ4v) is 4.41. The number of nitrogens with one attached hydrogen (secondary N) is 1. The Bertz CT molecular complexity index is 1310. The standard InChI is InChI=1S/C25H23N5O/c1-17-15-23(30-22-10-6-5-9-21(22)28-24(30)20(17)16-26)29-13-11-19(12-14-29)27-25(31)18-7-3-2-4-8-18/h2-10,15,19H,11-14H2,1H3,(H,27,31). The van der Waals surface area contributed by atoms with Gasteiger partial charge in [0.1, 0.15) is 11.9 Å². The molecular formula is C25H23N5O. The molecule has 1 aliphatic rings. The van der Waals surface area contributed by atoms with Crippen molar-refractivity contribution in [1.29, 1.82) is 5.26 Å². The van der Waals surface area contributed by atoms with Gasteiger partial charge in [-0.2, -0.15) is 5.26 Å². The number of aromatic nitrogens is 2. The van der Waals surface area contributed by atoms with E-state index in [1.165, 1.54) is 0 Å². The number of nitrogens with zero attached hydrogens (tertiary/aromatic N) is 4. The Balaban J connectivity index is 1.42. The fourth-order valence-electron chi connectivity index (χ4n) is 4.41. The summed E-state index contributed by atoms with van der Waals surface area (Å²) < 4.78 is 2.10. The van der Waals surface area contributed by atoms with E-state index in [0.29, 0.717) is 16.8 Å². The lowest BCUT2D eigenvalue weighted by molar-refractivity contribution is 0.0931. The third-order valence-corrected chi connectivity index (χ3v) is 6.06. The first-order valence-electron chi connectivity index (χ1n) is 10.6. The number of carbonyl (C=O) groups is 1. The van der Waals surface area contributed by atoms with E-state index in [2.05, 4.69) is 26.8 Å². The first-order chi connectivity index (χ1) is 15.2. The van der Waals surface area contributed by atoms with Gasteiger partial charge in [-0.05, 0) is 55.7 Å². The smallest absolute Gasteiger partial charge is 0.251 e. The van der Waals surface area contributed by atoms with Crippen molar-refractivity contribution < 1.29 is 4.79 Å². The number of hydrogen-bond acceptors (Lipinski definition) is 4. The maximum atomic E-state index is 12.5. The number of nitriles is 1. The molecule has 0 radical (unpaired) electrons. The van der Waals surface area contributed by atoms with Gasteiger partial charge in [0.2, 0.25) is 0 Å². The highest BCUT2D eigenvalue weighted by atomic mass is 16.1. The van der Waals surface area contributed by atoms with Crippen molar-refractivity contribution in [3.63, 3.8) is 0 Å². The van der Waals surface area contributed by atoms with Gasteiger partial charge >= 0.3 is 0 Å². The number of hydrogen-bond donors (Lipinski definition) is 1. The molecule has 2 aromatic carbocycles. The van der Waals surface area contributed by atoms with Gasteiger partial charge in [0.15, 0.2) is 5.65 Å². The molecule has 0 atom stereocenters. The van der Waals surface area contributed by atoms with Crippen LogP contribution in [0, 0.1) is 18.3 Å². The van der Waals surface area contributed by atoms with Crippen molar-refractivity contribution in [3.8, 4) is 6.07 Å². The Labute approximate surface area is 180 Å². The van der Waals surface area contributed by atoms with E-state index in [-0.39, 0.29) is 11.9 Å². The molecule has 0 saturated carbocycles. The quantitative estimate of drug-likeness (QED) is 0.554. The Morgan fingerprint density at radius 1 is 1.10 bits per heavy atom. The summed E-state index contributed by atoms with van der Waals surface area (Å²) in [5, 5.41) is 12.9. The highest BCUT2D eigenvalue weighted by Crippen LogP contribution is 2.30. The van der Waals surface area contributed by atoms with Crippen molar-refractivity contribution in [2.75, 3.05) is 18.0 Å². The number of aryl methyl sites for hydroxylation is 1. The first-order valence-corrected chi connectivity index (χ1v) is 10.6. The molecule has 0 bridgehead atoms. The van der Waals surface area contributed by atoms with E-state index in [9.17, 15) is 10.1 Å². The van der Waals surface area contributed by atoms with Crippen LogP contribution in [0.4, 0.5) is 5.82 Å². The molecule has 0 unspecified atom stereocenters. The van der Waals surface area contributed by atoms with Crippen molar-refractivity contribution in [3.05, 3.63) is 77.4 Å². The molecule has 31 heavy (non-hydrogen) atoms. The van der Waals surface area contributed by atoms with Gasteiger partial charge in [-0.25, -0.2) is 4.98 Å². The molecule has 5 rings (SSSR count). The van der Waals surface area contributed by atoms with Gasteiger partial charge in [-0.3, -0.25) is 9.20 Å². The third-order valence-electron chi connectivity index (χ3n) is 6.06. The molecule has 0 spiro atoms. The monoisotopic (exact) mass is 409 g/mol. The number of imidazole rings is 1. The average molecular weight is 409 g/mol. The summed E-state index contributed by atoms with van der Waals surface area (Å²) in [6, 6.07) is 21.9. The maximum absolute atomic E-state index is 12.5. The molecule has 1 amide bonds. The van der Waals surface area contributed by atoms with Crippen LogP contribution in [0.15, 0.2) is 60.7 Å². The van der Waals surface area contributed by atoms with Crippen LogP contribution < -0.4 is 10.2 Å². The van der Waals surface area contributed by atoms with Gasteiger partial charge in [0, 0.05) is 24.7 Å². The Hall–Kier alpha value is -3.85. The van der Waals surface area contributed by atoms with E-state index in [4.69, 9.17) is 4.98 Å². The molecule has 1 fully saturated rings. The highest BCUT2D eigenvalue weighted by molar-refractivity contribution is 5.94. The topological polar surface area (TPSA) is 73.4 Å². The summed E-state index contributed by atoms with van der Waals surface area (Å²) in [6.07, 6.45) is 1.73. The second-order valence-electron chi connectivity index (χ2n) is 8.03. The van der Waals surface area contributed by atoms with E-state index in [1.807, 2.05) is 61.5 Å². The SMILES string of the molecule is Cc1cc(N2CCC(NC(=O)c3ccccc3)CC2)n2c(nc3ccccc32)c1C#N. The van der Waals surface area contributed by atoms with Crippen LogP contribution in [0.2, 0.25) is 0 Å². The summed E-state index contributed by atoms with van der Waals surface area (Å²) >= 11 is 0. The number of rotatable bonds is 3. The minimum absolute atomic E-state index is 0.0174. The van der Waals surface area contributed by atoms with E-state index < -0.39 is 0 Å². The number of amides is 1. The number of para-hydroxylation sites is 2. The summed E-state index contributed by atoms with van der Waals surface area (Å²) in [5.74, 6) is 1.03. The van der Waals surface area contributed by atoms with Crippen LogP contribution in [0.3, 0.4) is 0 Å². The molecule has 1 N–H and O–H groups in total. The van der Waals surface area contributed by atoms with Gasteiger partial charge in [0.25, 0.3) is 5.91 Å². The lowest BCUT2D eigenvalue weighted by Crippen LogP contribution is -2.45. The normalized spacial score (nSPS) is 14.6. The van der Waals surface area contributed by atoms with Crippen molar-refractivity contribution >= 4 is 28.4 Å². The van der Waals surface area contributed by atoms with Crippen LogP contribution in [0.1, 0.15) is 34.3 Å². The number of piperidine rings is 1. The van der Waals surface area contributed by atoms with Crippen molar-refractivity contribution in [2.24, 2.45) is 0 Å². The average Bonchev–Trinajstić information content (AvgIpc) is 3.19. The minimum Gasteiger partial charge on any atom is -0.358 e. The molecule has 1 saturated heterocycles. The van der Waals surface area contributed by atoms with Gasteiger partial charge in [-0.1, -0.05) is 30.3 Å². The molecule has 0 aliphatic carbocycles. The second kappa shape index (κ2) is 7.77. The molecule has 154 valence electrons. The zero-order valence-corrected chi connectivity index (χ0v) is 17.4. The molecule has 6 heteroatoms. The molecule has 6 nitrogen and oxygen atoms in total. The fraction of sp³-hybridized carbons (Fsp3) is 0.240. The van der Waals surface area contributed by atoms with Crippen molar-refractivity contribution in [2.45, 2.75) is 25.8 Å². The van der Waals surface area contributed by atoms with E-state index in [0.717, 1.165) is 48.3 Å². The molecular weight excluding hydrogens is 386 g/mol. The molecule has 4 aromatic rings. The van der Waals surface area contributed by atoms with Gasteiger partial charge in [-0.15, -0.1) is 0 Å². The highest BCUT2D eigenvalue weighted by Gasteiger charge is 2.24. The summed E-state index contributed by atoms with van der Waals surface area (Å²) in [7, 11) is 0. The Morgan fingerprint density at radius 3 is 2.55 bits per heavy atom. The maximum Gasteiger partial charge on any atom is 0.251 e. The van der Waals surface area contributed by atoms with Gasteiger partial charge in [0.05, 0.1) is 16.6 Å². The molecule has 1 aliphatic heterocycles. The minimum atomic E-state index is -0.0174. The second-order valence-corrected chi connectivity index (χ2v) is 8.03. The van der Waals surface area contributed by atoms with Crippen LogP contribution in [-0.4, -0.2) is 34.4 Å². The lowest BCUT2D eigenvalue weighted by Gasteiger charge is -2.34. The summed E-state index contributed by atoms with van der Waals surface area (Å²) in [5.41, 5.74) is 4.83. The molecule has 3 heterocycles. The van der Waals surface area contributed by atoms with Crippen LogP contribution in [0.25, 0.3) is 16.7 Å². The van der Waals surface area contributed by atoms with Crippen LogP contribution >= 0.6 is 0 Å². The largest absolute Gasteiger partial charge is 0.358 e. The Morgan fingerprint density at radius 2 is 1.81 bits per heavy atom. The zero-order chi connectivity index (χ0) is 21.4. The number of anilines is 1. The number of carbonyl (C=O) groups excluding carboxylic acids is 1. The zero-order valence-electron chi connectivity index (χ0n) is 17.4. The van der Waals surface area contributed by atoms with E-state index in [1.54, 1.807) is 0 Å². The number of benzene rings is 2. The summed E-state index contributed by atoms with van der Waals surface area (Å²) in [4.78, 5) is 19.6. The Kier molecular flexibility index (Phi) is 4.79. The van der Waals surface area contributed by atoms with Crippen molar-refractivity contribution in [1.82, 2.24) is 14.7 Å². The van der Waals surface area contributed by atoms with Gasteiger partial charge < -0.3 is 10.2 Å². The lowest BCUT2D eigenvalue weighted by atomic mass is 10.0.